The zero-order chi connectivity index (χ0) is 34.8. The second-order valence-corrected chi connectivity index (χ2v) is 12.2. The van der Waals surface area contributed by atoms with Crippen molar-refractivity contribution in [1.29, 1.82) is 0 Å². The van der Waals surface area contributed by atoms with Crippen molar-refractivity contribution in [2.24, 2.45) is 5.92 Å². The van der Waals surface area contributed by atoms with Gasteiger partial charge in [0.25, 0.3) is 5.91 Å². The van der Waals surface area contributed by atoms with Crippen LogP contribution in [0.1, 0.15) is 67.4 Å². The minimum absolute atomic E-state index is 0.0406. The molecule has 3 N–H and O–H groups in total. The number of unbranched alkanes of at least 4 members (excludes halogenated alkanes) is 4. The molecule has 49 heavy (non-hydrogen) atoms. The van der Waals surface area contributed by atoms with Gasteiger partial charge in [0.15, 0.2) is 0 Å². The highest BCUT2D eigenvalue weighted by atomic mass is 16.5. The van der Waals surface area contributed by atoms with Gasteiger partial charge in [0.1, 0.15) is 11.8 Å². The predicted molar refractivity (Wildman–Crippen MR) is 191 cm³/mol. The van der Waals surface area contributed by atoms with Crippen molar-refractivity contribution in [3.05, 3.63) is 119 Å². The van der Waals surface area contributed by atoms with E-state index in [2.05, 4.69) is 17.6 Å². The highest BCUT2D eigenvalue weighted by molar-refractivity contribution is 5.97. The number of esters is 1. The molecule has 0 spiro atoms. The summed E-state index contributed by atoms with van der Waals surface area (Å²) in [7, 11) is 0. The quantitative estimate of drug-likeness (QED) is 0.0660. The number of carbonyl (C=O) groups is 3. The smallest absolute Gasteiger partial charge is 0.343 e. The lowest BCUT2D eigenvalue weighted by atomic mass is 9.95. The van der Waals surface area contributed by atoms with Crippen molar-refractivity contribution in [2.75, 3.05) is 25.1 Å². The molecule has 0 radical (unpaired) electrons. The van der Waals surface area contributed by atoms with Crippen LogP contribution in [0.5, 0.6) is 5.75 Å². The van der Waals surface area contributed by atoms with Crippen LogP contribution in [0.25, 0.3) is 0 Å². The molecule has 0 aliphatic heterocycles. The van der Waals surface area contributed by atoms with E-state index in [-0.39, 0.29) is 18.4 Å². The summed E-state index contributed by atoms with van der Waals surface area (Å²) in [4.78, 5) is 37.7. The average Bonchev–Trinajstić information content (AvgIpc) is 3.11. The summed E-state index contributed by atoms with van der Waals surface area (Å²) in [6.45, 7) is 6.57. The summed E-state index contributed by atoms with van der Waals surface area (Å²) < 4.78 is 17.3. The Kier molecular flexibility index (Phi) is 15.1. The Labute approximate surface area is 289 Å². The van der Waals surface area contributed by atoms with Gasteiger partial charge in [-0.15, -0.1) is 0 Å². The van der Waals surface area contributed by atoms with E-state index in [1.165, 1.54) is 19.3 Å². The molecule has 3 unspecified atom stereocenters. The lowest BCUT2D eigenvalue weighted by Gasteiger charge is -2.23. The maximum atomic E-state index is 12.9. The number of carboxylic acid groups (broad SMARTS) is 1. The molecule has 260 valence electrons. The minimum Gasteiger partial charge on any atom is -0.480 e. The predicted octanol–water partition coefficient (Wildman–Crippen LogP) is 7.13. The molecule has 9 nitrogen and oxygen atoms in total. The molecule has 1 amide bonds. The zero-order valence-corrected chi connectivity index (χ0v) is 28.4. The largest absolute Gasteiger partial charge is 0.480 e. The molecule has 1 aliphatic rings. The molecule has 0 aromatic heterocycles. The third-order valence-corrected chi connectivity index (χ3v) is 8.23. The second-order valence-electron chi connectivity index (χ2n) is 12.2. The van der Waals surface area contributed by atoms with Gasteiger partial charge in [-0.3, -0.25) is 4.79 Å². The van der Waals surface area contributed by atoms with Crippen molar-refractivity contribution in [3.63, 3.8) is 0 Å². The highest BCUT2D eigenvalue weighted by Crippen LogP contribution is 2.23. The maximum absolute atomic E-state index is 12.9. The molecule has 1 aliphatic carbocycles. The molecule has 0 heterocycles. The van der Waals surface area contributed by atoms with Crippen LogP contribution in [0.3, 0.4) is 0 Å². The van der Waals surface area contributed by atoms with Gasteiger partial charge in [-0.1, -0.05) is 94.1 Å². The molecule has 3 aromatic carbocycles. The van der Waals surface area contributed by atoms with Crippen LogP contribution < -0.4 is 15.4 Å². The minimum atomic E-state index is -1.15. The first kappa shape index (κ1) is 37.1. The zero-order valence-electron chi connectivity index (χ0n) is 28.4. The van der Waals surface area contributed by atoms with E-state index in [4.69, 9.17) is 14.2 Å². The fourth-order valence-electron chi connectivity index (χ4n) is 5.38. The van der Waals surface area contributed by atoms with Gasteiger partial charge in [0.2, 0.25) is 0 Å². The first-order chi connectivity index (χ1) is 23.8. The molecular weight excluding hydrogens is 620 g/mol. The maximum Gasteiger partial charge on any atom is 0.343 e. The third-order valence-electron chi connectivity index (χ3n) is 8.23. The van der Waals surface area contributed by atoms with Crippen LogP contribution in [0.4, 0.5) is 5.69 Å². The number of amides is 1. The molecule has 3 atom stereocenters. The molecule has 9 heteroatoms. The van der Waals surface area contributed by atoms with E-state index in [1.807, 2.05) is 49.4 Å². The lowest BCUT2D eigenvalue weighted by molar-refractivity contribution is -0.139. The van der Waals surface area contributed by atoms with E-state index < -0.39 is 23.9 Å². The Bertz CT molecular complexity index is 1540. The topological polar surface area (TPSA) is 123 Å². The average molecular weight is 669 g/mol. The summed E-state index contributed by atoms with van der Waals surface area (Å²) >= 11 is 0. The van der Waals surface area contributed by atoms with Gasteiger partial charge in [-0.25, -0.2) is 9.59 Å². The molecule has 0 saturated carbocycles. The first-order valence-corrected chi connectivity index (χ1v) is 17.1. The number of carbonyl (C=O) groups excluding carboxylic acids is 2. The van der Waals surface area contributed by atoms with Gasteiger partial charge < -0.3 is 30.0 Å². The van der Waals surface area contributed by atoms with Gasteiger partial charge in [-0.2, -0.15) is 0 Å². The van der Waals surface area contributed by atoms with Gasteiger partial charge in [-0.05, 0) is 60.0 Å². The summed E-state index contributed by atoms with van der Waals surface area (Å²) in [5.74, 6) is -1.73. The highest BCUT2D eigenvalue weighted by Gasteiger charge is 2.23. The summed E-state index contributed by atoms with van der Waals surface area (Å²) in [5, 5.41) is 15.7. The van der Waals surface area contributed by atoms with Crippen LogP contribution in [0.15, 0.2) is 103 Å². The van der Waals surface area contributed by atoms with Crippen molar-refractivity contribution in [1.82, 2.24) is 5.32 Å². The number of rotatable bonds is 20. The summed E-state index contributed by atoms with van der Waals surface area (Å²) in [5.41, 5.74) is 3.41. The number of carboxylic acids is 1. The lowest BCUT2D eigenvalue weighted by Crippen LogP contribution is -2.42. The van der Waals surface area contributed by atoms with Crippen molar-refractivity contribution >= 4 is 23.5 Å². The monoisotopic (exact) mass is 668 g/mol. The van der Waals surface area contributed by atoms with Crippen molar-refractivity contribution < 1.29 is 33.7 Å². The second kappa shape index (κ2) is 19.9. The van der Waals surface area contributed by atoms with Crippen LogP contribution in [0, 0.1) is 5.92 Å². The van der Waals surface area contributed by atoms with Crippen molar-refractivity contribution in [2.45, 2.75) is 71.1 Å². The SMILES string of the molecule is CCCCCCCOC1C=CC(C(=O)Oc2ccc(CC(NC(=O)c3ccc(NCCOCc4ccccc4)cc3)C(=O)O)cc2)=CC1C. The molecule has 0 bridgehead atoms. The molecule has 0 saturated heterocycles. The summed E-state index contributed by atoms with van der Waals surface area (Å²) in [6, 6.07) is 22.2. The number of ether oxygens (including phenoxy) is 3. The van der Waals surface area contributed by atoms with Gasteiger partial charge in [0.05, 0.1) is 24.9 Å². The third kappa shape index (κ3) is 12.7. The normalized spacial score (nSPS) is 16.0. The van der Waals surface area contributed by atoms with E-state index in [0.29, 0.717) is 48.8 Å². The molecule has 4 rings (SSSR count). The van der Waals surface area contributed by atoms with E-state index in [1.54, 1.807) is 54.6 Å². The van der Waals surface area contributed by atoms with Crippen LogP contribution >= 0.6 is 0 Å². The van der Waals surface area contributed by atoms with E-state index >= 15 is 0 Å². The number of nitrogens with one attached hydrogen (secondary N) is 2. The van der Waals surface area contributed by atoms with Crippen molar-refractivity contribution in [3.8, 4) is 5.75 Å². The number of hydrogen-bond acceptors (Lipinski definition) is 7. The number of anilines is 1. The number of benzene rings is 3. The number of hydrogen-bond donors (Lipinski definition) is 3. The Morgan fingerprint density at radius 3 is 2.29 bits per heavy atom. The van der Waals surface area contributed by atoms with Crippen LogP contribution in [-0.2, 0) is 32.1 Å². The van der Waals surface area contributed by atoms with Gasteiger partial charge >= 0.3 is 11.9 Å². The Morgan fingerprint density at radius 2 is 1.59 bits per heavy atom. The first-order valence-electron chi connectivity index (χ1n) is 17.1. The molecule has 0 fully saturated rings. The fourth-order valence-corrected chi connectivity index (χ4v) is 5.38. The van der Waals surface area contributed by atoms with E-state index in [9.17, 15) is 19.5 Å². The van der Waals surface area contributed by atoms with E-state index in [0.717, 1.165) is 24.1 Å². The molecular formula is C40H48N2O7. The number of aliphatic carboxylic acids is 1. The standard InChI is InChI=1S/C40H48N2O7/c1-3-4-5-6-10-24-48-37-22-17-33(26-29(37)2)40(46)49-35-20-13-30(14-21-35)27-36(39(44)45)42-38(43)32-15-18-34(19-16-32)41-23-25-47-28-31-11-8-7-9-12-31/h7-9,11-22,26,29,36-37,41H,3-6,10,23-25,27-28H2,1-2H3,(H,42,43)(H,44,45). The Balaban J connectivity index is 1.19. The Morgan fingerprint density at radius 1 is 0.857 bits per heavy atom. The van der Waals surface area contributed by atoms with Gasteiger partial charge in [0, 0.05) is 36.7 Å². The van der Waals surface area contributed by atoms with Crippen LogP contribution in [0.2, 0.25) is 0 Å². The fraction of sp³-hybridized carbons (Fsp3) is 0.375. The molecule has 3 aromatic rings. The Hall–Kier alpha value is -4.73. The summed E-state index contributed by atoms with van der Waals surface area (Å²) in [6.07, 6.45) is 11.4. The van der Waals surface area contributed by atoms with Crippen LogP contribution in [-0.4, -0.2) is 54.9 Å².